The summed E-state index contributed by atoms with van der Waals surface area (Å²) in [5.41, 5.74) is 6.26. The highest BCUT2D eigenvalue weighted by Crippen LogP contribution is 2.43. The molecule has 0 spiro atoms. The van der Waals surface area contributed by atoms with Gasteiger partial charge in [-0.05, 0) is 49.5 Å². The molecule has 0 saturated heterocycles. The number of hydrogen-bond acceptors (Lipinski definition) is 2. The van der Waals surface area contributed by atoms with E-state index in [2.05, 4.69) is 27.7 Å². The normalized spacial score (nSPS) is 31.3. The Balaban J connectivity index is 2.74. The number of rotatable bonds is 6. The van der Waals surface area contributed by atoms with E-state index in [4.69, 9.17) is 5.73 Å². The standard InChI is InChI=1S/C15H31NOS/c1-5-9-18(17)14-10-13(15(3,4)6-2)8-7-12(14)11-16/h12-14H,5-11,16H2,1-4H3. The van der Waals surface area contributed by atoms with Crippen LogP contribution in [0.4, 0.5) is 0 Å². The molecule has 0 aromatic heterocycles. The molecule has 1 rings (SSSR count). The molecule has 1 aliphatic rings. The van der Waals surface area contributed by atoms with Crippen molar-refractivity contribution in [2.45, 2.75) is 65.0 Å². The van der Waals surface area contributed by atoms with Gasteiger partial charge in [-0.3, -0.25) is 4.21 Å². The van der Waals surface area contributed by atoms with Crippen LogP contribution >= 0.6 is 0 Å². The minimum absolute atomic E-state index is 0.347. The second-order valence-electron chi connectivity index (χ2n) is 6.47. The summed E-state index contributed by atoms with van der Waals surface area (Å²) in [7, 11) is -0.674. The highest BCUT2D eigenvalue weighted by atomic mass is 32.2. The van der Waals surface area contributed by atoms with E-state index in [0.717, 1.165) is 24.5 Å². The monoisotopic (exact) mass is 273 g/mol. The molecule has 3 heteroatoms. The van der Waals surface area contributed by atoms with Crippen LogP contribution in [0.15, 0.2) is 0 Å². The maximum atomic E-state index is 12.4. The Kier molecular flexibility index (Phi) is 6.32. The summed E-state index contributed by atoms with van der Waals surface area (Å²) in [6.45, 7) is 9.82. The molecule has 0 bridgehead atoms. The van der Waals surface area contributed by atoms with Crippen molar-refractivity contribution in [3.05, 3.63) is 0 Å². The van der Waals surface area contributed by atoms with Gasteiger partial charge in [0, 0.05) is 21.8 Å². The third-order valence-electron chi connectivity index (χ3n) is 4.99. The molecule has 0 aromatic carbocycles. The molecule has 2 nitrogen and oxygen atoms in total. The summed E-state index contributed by atoms with van der Waals surface area (Å²) in [6, 6.07) is 0. The lowest BCUT2D eigenvalue weighted by Gasteiger charge is -2.42. The fourth-order valence-electron chi connectivity index (χ4n) is 3.13. The topological polar surface area (TPSA) is 43.1 Å². The van der Waals surface area contributed by atoms with Crippen molar-refractivity contribution in [1.82, 2.24) is 0 Å². The van der Waals surface area contributed by atoms with Crippen LogP contribution < -0.4 is 5.73 Å². The van der Waals surface area contributed by atoms with Crippen LogP contribution in [0.25, 0.3) is 0 Å². The molecule has 0 aromatic rings. The van der Waals surface area contributed by atoms with Gasteiger partial charge in [0.2, 0.25) is 0 Å². The number of hydrogen-bond donors (Lipinski definition) is 1. The highest BCUT2D eigenvalue weighted by molar-refractivity contribution is 7.85. The van der Waals surface area contributed by atoms with E-state index in [-0.39, 0.29) is 0 Å². The molecule has 0 aliphatic heterocycles. The van der Waals surface area contributed by atoms with Gasteiger partial charge in [-0.25, -0.2) is 0 Å². The van der Waals surface area contributed by atoms with Gasteiger partial charge in [-0.2, -0.15) is 0 Å². The van der Waals surface area contributed by atoms with Crippen LogP contribution in [0.3, 0.4) is 0 Å². The molecule has 1 fully saturated rings. The molecule has 0 heterocycles. The molecule has 108 valence electrons. The van der Waals surface area contributed by atoms with Gasteiger partial charge in [0.15, 0.2) is 0 Å². The summed E-state index contributed by atoms with van der Waals surface area (Å²) in [4.78, 5) is 0. The van der Waals surface area contributed by atoms with E-state index in [1.54, 1.807) is 0 Å². The van der Waals surface area contributed by atoms with Crippen LogP contribution in [0, 0.1) is 17.3 Å². The third-order valence-corrected chi connectivity index (χ3v) is 7.05. The fraction of sp³-hybridized carbons (Fsp3) is 1.00. The van der Waals surface area contributed by atoms with Crippen molar-refractivity contribution in [3.63, 3.8) is 0 Å². The van der Waals surface area contributed by atoms with E-state index in [0.29, 0.717) is 23.1 Å². The minimum atomic E-state index is -0.674. The van der Waals surface area contributed by atoms with Gasteiger partial charge in [0.1, 0.15) is 0 Å². The summed E-state index contributed by atoms with van der Waals surface area (Å²) in [6.07, 6.45) is 5.78. The molecule has 1 saturated carbocycles. The van der Waals surface area contributed by atoms with E-state index in [1.807, 2.05) is 0 Å². The highest BCUT2D eigenvalue weighted by Gasteiger charge is 2.38. The van der Waals surface area contributed by atoms with Crippen molar-refractivity contribution in [2.24, 2.45) is 23.0 Å². The average Bonchev–Trinajstić information content (AvgIpc) is 2.38. The summed E-state index contributed by atoms with van der Waals surface area (Å²) in [5.74, 6) is 2.05. The van der Waals surface area contributed by atoms with Gasteiger partial charge in [0.25, 0.3) is 0 Å². The van der Waals surface area contributed by atoms with Crippen LogP contribution in [-0.2, 0) is 10.8 Å². The lowest BCUT2D eigenvalue weighted by atomic mass is 9.67. The van der Waals surface area contributed by atoms with Crippen molar-refractivity contribution >= 4 is 10.8 Å². The maximum Gasteiger partial charge on any atom is 0.0391 e. The first-order valence-electron chi connectivity index (χ1n) is 7.53. The zero-order valence-corrected chi connectivity index (χ0v) is 13.4. The second kappa shape index (κ2) is 7.04. The zero-order chi connectivity index (χ0) is 13.8. The Hall–Kier alpha value is 0.110. The second-order valence-corrected chi connectivity index (χ2v) is 8.25. The lowest BCUT2D eigenvalue weighted by molar-refractivity contribution is 0.133. The molecule has 4 unspecified atom stereocenters. The van der Waals surface area contributed by atoms with E-state index >= 15 is 0 Å². The third kappa shape index (κ3) is 3.80. The summed E-state index contributed by atoms with van der Waals surface area (Å²) >= 11 is 0. The molecule has 4 atom stereocenters. The largest absolute Gasteiger partial charge is 0.330 e. The van der Waals surface area contributed by atoms with Gasteiger partial charge < -0.3 is 5.73 Å². The van der Waals surface area contributed by atoms with E-state index < -0.39 is 10.8 Å². The van der Waals surface area contributed by atoms with Crippen LogP contribution in [0.2, 0.25) is 0 Å². The maximum absolute atomic E-state index is 12.4. The molecular weight excluding hydrogens is 242 g/mol. The average molecular weight is 273 g/mol. The quantitative estimate of drug-likeness (QED) is 0.806. The Morgan fingerprint density at radius 3 is 2.44 bits per heavy atom. The van der Waals surface area contributed by atoms with Crippen molar-refractivity contribution in [2.75, 3.05) is 12.3 Å². The molecule has 18 heavy (non-hydrogen) atoms. The fourth-order valence-corrected chi connectivity index (χ4v) is 4.96. The Morgan fingerprint density at radius 2 is 1.94 bits per heavy atom. The van der Waals surface area contributed by atoms with E-state index in [1.165, 1.54) is 19.3 Å². The Labute approximate surface area is 116 Å². The first-order chi connectivity index (χ1) is 8.46. The minimum Gasteiger partial charge on any atom is -0.330 e. The molecule has 0 radical (unpaired) electrons. The van der Waals surface area contributed by atoms with Crippen LogP contribution in [-0.4, -0.2) is 21.8 Å². The Bertz CT molecular complexity index is 278. The predicted octanol–water partition coefficient (Wildman–Crippen LogP) is 3.32. The van der Waals surface area contributed by atoms with Crippen molar-refractivity contribution in [1.29, 1.82) is 0 Å². The Morgan fingerprint density at radius 1 is 1.28 bits per heavy atom. The summed E-state index contributed by atoms with van der Waals surface area (Å²) < 4.78 is 12.4. The smallest absolute Gasteiger partial charge is 0.0391 e. The van der Waals surface area contributed by atoms with Crippen LogP contribution in [0.1, 0.15) is 59.8 Å². The molecule has 0 amide bonds. The van der Waals surface area contributed by atoms with Crippen molar-refractivity contribution in [3.8, 4) is 0 Å². The first-order valence-corrected chi connectivity index (χ1v) is 8.91. The lowest BCUT2D eigenvalue weighted by Crippen LogP contribution is -2.41. The van der Waals surface area contributed by atoms with Gasteiger partial charge in [-0.1, -0.05) is 34.1 Å². The van der Waals surface area contributed by atoms with Crippen molar-refractivity contribution < 1.29 is 4.21 Å². The molecule has 2 N–H and O–H groups in total. The SMILES string of the molecule is CCCS(=O)C1CC(C(C)(C)CC)CCC1CN. The first kappa shape index (κ1) is 16.2. The van der Waals surface area contributed by atoms with Gasteiger partial charge in [-0.15, -0.1) is 0 Å². The van der Waals surface area contributed by atoms with Gasteiger partial charge in [0.05, 0.1) is 0 Å². The number of nitrogens with two attached hydrogens (primary N) is 1. The van der Waals surface area contributed by atoms with E-state index in [9.17, 15) is 4.21 Å². The zero-order valence-electron chi connectivity index (χ0n) is 12.6. The molecular formula is C15H31NOS. The van der Waals surface area contributed by atoms with Crippen LogP contribution in [0.5, 0.6) is 0 Å². The van der Waals surface area contributed by atoms with Gasteiger partial charge >= 0.3 is 0 Å². The summed E-state index contributed by atoms with van der Waals surface area (Å²) in [5, 5.41) is 0.347. The predicted molar refractivity (Wildman–Crippen MR) is 81.0 cm³/mol. The molecule has 1 aliphatic carbocycles.